The number of ether oxygens (including phenoxy) is 1. The summed E-state index contributed by atoms with van der Waals surface area (Å²) in [5.41, 5.74) is 5.80. The Morgan fingerprint density at radius 3 is 2.16 bits per heavy atom. The van der Waals surface area contributed by atoms with Crippen LogP contribution < -0.4 is 4.74 Å². The summed E-state index contributed by atoms with van der Waals surface area (Å²) >= 11 is 0. The zero-order valence-corrected chi connectivity index (χ0v) is 11.7. The minimum Gasteiger partial charge on any atom is -0.497 e. The van der Waals surface area contributed by atoms with Crippen LogP contribution in [-0.4, -0.2) is 7.11 Å². The molecule has 0 unspecified atom stereocenters. The summed E-state index contributed by atoms with van der Waals surface area (Å²) in [6.45, 7) is 6.15. The molecule has 0 aliphatic rings. The van der Waals surface area contributed by atoms with Gasteiger partial charge in [-0.15, -0.1) is 4.91 Å². The van der Waals surface area contributed by atoms with Crippen LogP contribution in [-0.2, 0) is 0 Å². The fraction of sp³-hybridized carbons (Fsp3) is 0.250. The van der Waals surface area contributed by atoms with Gasteiger partial charge < -0.3 is 4.74 Å². The summed E-state index contributed by atoms with van der Waals surface area (Å²) < 4.78 is 5.24. The van der Waals surface area contributed by atoms with Gasteiger partial charge in [-0.1, -0.05) is 17.7 Å². The van der Waals surface area contributed by atoms with Crippen molar-refractivity contribution in [3.05, 3.63) is 51.9 Å². The average molecular weight is 255 g/mol. The van der Waals surface area contributed by atoms with Crippen molar-refractivity contribution < 1.29 is 4.74 Å². The van der Waals surface area contributed by atoms with Crippen LogP contribution >= 0.6 is 0 Å². The van der Waals surface area contributed by atoms with Crippen LogP contribution in [0.15, 0.2) is 35.5 Å². The summed E-state index contributed by atoms with van der Waals surface area (Å²) in [4.78, 5) is 11.0. The molecule has 0 aromatic heterocycles. The Morgan fingerprint density at radius 1 is 1.00 bits per heavy atom. The van der Waals surface area contributed by atoms with E-state index in [1.807, 2.05) is 19.9 Å². The molecule has 0 spiro atoms. The monoisotopic (exact) mass is 255 g/mol. The van der Waals surface area contributed by atoms with Crippen molar-refractivity contribution in [3.8, 4) is 16.9 Å². The van der Waals surface area contributed by atoms with Gasteiger partial charge in [0.05, 0.1) is 7.11 Å². The number of hydrogen-bond donors (Lipinski definition) is 0. The van der Waals surface area contributed by atoms with E-state index < -0.39 is 0 Å². The highest BCUT2D eigenvalue weighted by molar-refractivity contribution is 5.81. The van der Waals surface area contributed by atoms with Crippen molar-refractivity contribution in [1.82, 2.24) is 0 Å². The average Bonchev–Trinajstić information content (AvgIpc) is 2.37. The second-order valence-electron chi connectivity index (χ2n) is 4.75. The molecule has 0 aliphatic heterocycles. The molecule has 0 amide bonds. The minimum atomic E-state index is 0.441. The summed E-state index contributed by atoms with van der Waals surface area (Å²) in [7, 11) is 1.61. The number of benzene rings is 2. The number of rotatable bonds is 3. The first-order valence-electron chi connectivity index (χ1n) is 6.16. The maximum Gasteiger partial charge on any atom is 0.119 e. The molecule has 0 heterocycles. The van der Waals surface area contributed by atoms with E-state index >= 15 is 0 Å². The van der Waals surface area contributed by atoms with Crippen molar-refractivity contribution >= 4 is 5.69 Å². The van der Waals surface area contributed by atoms with Gasteiger partial charge in [-0.3, -0.25) is 0 Å². The van der Waals surface area contributed by atoms with E-state index in [-0.39, 0.29) is 0 Å². The molecule has 0 N–H and O–H groups in total. The lowest BCUT2D eigenvalue weighted by atomic mass is 9.93. The molecule has 0 radical (unpaired) electrons. The molecule has 0 aliphatic carbocycles. The number of nitroso groups, excluding NO2 is 1. The molecule has 2 aromatic carbocycles. The van der Waals surface area contributed by atoms with E-state index in [2.05, 4.69) is 24.2 Å². The summed E-state index contributed by atoms with van der Waals surface area (Å²) in [5.74, 6) is 0.724. The smallest absolute Gasteiger partial charge is 0.119 e. The molecule has 19 heavy (non-hydrogen) atoms. The zero-order chi connectivity index (χ0) is 14.0. The topological polar surface area (TPSA) is 38.7 Å². The van der Waals surface area contributed by atoms with E-state index in [9.17, 15) is 4.91 Å². The number of hydrogen-bond acceptors (Lipinski definition) is 3. The van der Waals surface area contributed by atoms with Crippen LogP contribution in [0.1, 0.15) is 16.7 Å². The van der Waals surface area contributed by atoms with Gasteiger partial charge >= 0.3 is 0 Å². The third-order valence-corrected chi connectivity index (χ3v) is 3.25. The second-order valence-corrected chi connectivity index (χ2v) is 4.75. The largest absolute Gasteiger partial charge is 0.497 e. The van der Waals surface area contributed by atoms with Gasteiger partial charge in [0.2, 0.25) is 0 Å². The van der Waals surface area contributed by atoms with Crippen LogP contribution in [0.4, 0.5) is 5.69 Å². The Morgan fingerprint density at radius 2 is 1.63 bits per heavy atom. The molecule has 0 bridgehead atoms. The van der Waals surface area contributed by atoms with E-state index in [0.29, 0.717) is 5.69 Å². The fourth-order valence-corrected chi connectivity index (χ4v) is 2.53. The lowest BCUT2D eigenvalue weighted by molar-refractivity contribution is 0.415. The maximum atomic E-state index is 11.0. The van der Waals surface area contributed by atoms with Gasteiger partial charge in [0.15, 0.2) is 0 Å². The van der Waals surface area contributed by atoms with Crippen molar-refractivity contribution in [1.29, 1.82) is 0 Å². The Bertz CT molecular complexity index is 610. The predicted molar refractivity (Wildman–Crippen MR) is 78.1 cm³/mol. The number of aryl methyl sites for hydroxylation is 3. The van der Waals surface area contributed by atoms with Crippen LogP contribution in [0.5, 0.6) is 5.75 Å². The Labute approximate surface area is 113 Å². The summed E-state index contributed by atoms with van der Waals surface area (Å²) in [6, 6.07) is 9.52. The first-order chi connectivity index (χ1) is 9.06. The molecule has 0 fully saturated rings. The van der Waals surface area contributed by atoms with Gasteiger partial charge in [-0.2, -0.15) is 0 Å². The van der Waals surface area contributed by atoms with Crippen LogP contribution in [0, 0.1) is 25.7 Å². The zero-order valence-electron chi connectivity index (χ0n) is 11.7. The van der Waals surface area contributed by atoms with Gasteiger partial charge in [0.25, 0.3) is 0 Å². The minimum absolute atomic E-state index is 0.441. The first-order valence-corrected chi connectivity index (χ1v) is 6.16. The highest BCUT2D eigenvalue weighted by atomic mass is 16.5. The van der Waals surface area contributed by atoms with Gasteiger partial charge in [-0.25, -0.2) is 0 Å². The highest BCUT2D eigenvalue weighted by Crippen LogP contribution is 2.37. The lowest BCUT2D eigenvalue weighted by Gasteiger charge is -2.13. The summed E-state index contributed by atoms with van der Waals surface area (Å²) in [6.07, 6.45) is 0. The second kappa shape index (κ2) is 5.22. The van der Waals surface area contributed by atoms with Crippen molar-refractivity contribution in [2.75, 3.05) is 7.11 Å². The van der Waals surface area contributed by atoms with Gasteiger partial charge in [0, 0.05) is 5.56 Å². The number of nitrogens with zero attached hydrogens (tertiary/aromatic N) is 1. The molecule has 0 saturated carbocycles. The van der Waals surface area contributed by atoms with Gasteiger partial charge in [0.1, 0.15) is 11.4 Å². The van der Waals surface area contributed by atoms with E-state index in [0.717, 1.165) is 28.0 Å². The van der Waals surface area contributed by atoms with Crippen molar-refractivity contribution in [3.63, 3.8) is 0 Å². The maximum absolute atomic E-state index is 11.0. The van der Waals surface area contributed by atoms with Crippen molar-refractivity contribution in [2.45, 2.75) is 20.8 Å². The quantitative estimate of drug-likeness (QED) is 0.746. The van der Waals surface area contributed by atoms with E-state index in [1.54, 1.807) is 19.2 Å². The highest BCUT2D eigenvalue weighted by Gasteiger charge is 2.13. The van der Waals surface area contributed by atoms with Crippen LogP contribution in [0.2, 0.25) is 0 Å². The van der Waals surface area contributed by atoms with E-state index in [1.165, 1.54) is 5.56 Å². The summed E-state index contributed by atoms with van der Waals surface area (Å²) in [5, 5.41) is 3.12. The van der Waals surface area contributed by atoms with Crippen molar-refractivity contribution in [2.24, 2.45) is 5.18 Å². The lowest BCUT2D eigenvalue weighted by Crippen LogP contribution is -1.92. The molecule has 0 saturated heterocycles. The molecular formula is C16H17NO2. The molecular weight excluding hydrogens is 238 g/mol. The molecule has 2 rings (SSSR count). The first kappa shape index (κ1) is 13.3. The predicted octanol–water partition coefficient (Wildman–Crippen LogP) is 4.69. The fourth-order valence-electron chi connectivity index (χ4n) is 2.53. The Hall–Kier alpha value is -2.16. The van der Waals surface area contributed by atoms with E-state index in [4.69, 9.17) is 4.74 Å². The molecule has 3 nitrogen and oxygen atoms in total. The Balaban J connectivity index is 2.73. The molecule has 98 valence electrons. The molecule has 2 aromatic rings. The Kier molecular flexibility index (Phi) is 3.65. The number of methoxy groups -OCH3 is 1. The molecule has 0 atom stereocenters. The third-order valence-electron chi connectivity index (χ3n) is 3.25. The van der Waals surface area contributed by atoms with Crippen LogP contribution in [0.25, 0.3) is 11.1 Å². The normalized spacial score (nSPS) is 10.3. The molecule has 3 heteroatoms. The van der Waals surface area contributed by atoms with Gasteiger partial charge in [-0.05, 0) is 60.8 Å². The third kappa shape index (κ3) is 2.50. The SMILES string of the molecule is COc1ccc(N=O)c(-c2c(C)cc(C)cc2C)c1. The van der Waals surface area contributed by atoms with Crippen LogP contribution in [0.3, 0.4) is 0 Å². The standard InChI is InChI=1S/C16H17NO2/c1-10-7-11(2)16(12(3)8-10)14-9-13(19-4)5-6-15(14)17-18/h5-9H,1-4H3.